The van der Waals surface area contributed by atoms with E-state index in [9.17, 15) is 0 Å². The van der Waals surface area contributed by atoms with Crippen LogP contribution in [0.25, 0.3) is 11.5 Å². The molecule has 0 radical (unpaired) electrons. The van der Waals surface area contributed by atoms with Crippen LogP contribution in [0.5, 0.6) is 0 Å². The van der Waals surface area contributed by atoms with Crippen LogP contribution in [0.1, 0.15) is 37.5 Å². The van der Waals surface area contributed by atoms with E-state index in [1.54, 1.807) is 0 Å². The number of rotatable bonds is 2. The lowest BCUT2D eigenvalue weighted by molar-refractivity contribution is 0.300. The topological polar surface area (TPSA) is 98.3 Å². The van der Waals surface area contributed by atoms with Crippen LogP contribution >= 0.6 is 0 Å². The van der Waals surface area contributed by atoms with Gasteiger partial charge in [0.25, 0.3) is 0 Å². The minimum absolute atomic E-state index is 0.347. The number of hydrogen-bond acceptors (Lipinski definition) is 5. The molecule has 0 amide bonds. The molecule has 0 spiro atoms. The Kier molecular flexibility index (Phi) is 2.83. The van der Waals surface area contributed by atoms with Gasteiger partial charge in [-0.1, -0.05) is 5.21 Å². The molecule has 2 heterocycles. The van der Waals surface area contributed by atoms with Gasteiger partial charge in [0.05, 0.1) is 12.2 Å². The lowest BCUT2D eigenvalue weighted by Crippen LogP contribution is -2.28. The van der Waals surface area contributed by atoms with E-state index >= 15 is 0 Å². The summed E-state index contributed by atoms with van der Waals surface area (Å²) in [4.78, 5) is 4.25. The Labute approximate surface area is 105 Å². The molecule has 1 aliphatic carbocycles. The molecule has 0 unspecified atom stereocenters. The summed E-state index contributed by atoms with van der Waals surface area (Å²) < 4.78 is 1.92. The first-order valence-electron chi connectivity index (χ1n) is 6.29. The minimum Gasteiger partial charge on any atom is -0.328 e. The van der Waals surface area contributed by atoms with E-state index in [4.69, 9.17) is 5.73 Å². The van der Waals surface area contributed by atoms with Gasteiger partial charge in [-0.3, -0.25) is 5.10 Å². The summed E-state index contributed by atoms with van der Waals surface area (Å²) in [5.74, 6) is 1.38. The fraction of sp³-hybridized carbons (Fsp3) is 0.636. The number of hydrogen-bond donors (Lipinski definition) is 2. The van der Waals surface area contributed by atoms with E-state index in [0.29, 0.717) is 23.6 Å². The highest BCUT2D eigenvalue weighted by molar-refractivity contribution is 5.45. The van der Waals surface area contributed by atoms with Gasteiger partial charge in [0.15, 0.2) is 5.69 Å². The molecule has 7 nitrogen and oxygen atoms in total. The second kappa shape index (κ2) is 4.49. The average Bonchev–Trinajstić information content (AvgIpc) is 2.98. The second-order valence-electron chi connectivity index (χ2n) is 4.90. The van der Waals surface area contributed by atoms with Crippen molar-refractivity contribution in [2.45, 2.75) is 44.7 Å². The SMILES string of the molecule is Cc1nc(-c2cn(C3CCC(N)CC3)nn2)n[nH]1. The summed E-state index contributed by atoms with van der Waals surface area (Å²) >= 11 is 0. The van der Waals surface area contributed by atoms with Crippen molar-refractivity contribution in [2.75, 3.05) is 0 Å². The molecule has 0 aliphatic heterocycles. The van der Waals surface area contributed by atoms with E-state index in [2.05, 4.69) is 25.5 Å². The highest BCUT2D eigenvalue weighted by Gasteiger charge is 2.21. The molecular formula is C11H17N7. The summed E-state index contributed by atoms with van der Waals surface area (Å²) in [7, 11) is 0. The Morgan fingerprint density at radius 1 is 1.33 bits per heavy atom. The first kappa shape index (κ1) is 11.3. The van der Waals surface area contributed by atoms with E-state index in [0.717, 1.165) is 31.5 Å². The Morgan fingerprint density at radius 2 is 2.11 bits per heavy atom. The lowest BCUT2D eigenvalue weighted by Gasteiger charge is -2.25. The van der Waals surface area contributed by atoms with E-state index in [-0.39, 0.29) is 0 Å². The zero-order valence-corrected chi connectivity index (χ0v) is 10.4. The molecule has 1 fully saturated rings. The third-order valence-corrected chi connectivity index (χ3v) is 3.45. The zero-order valence-electron chi connectivity index (χ0n) is 10.4. The smallest absolute Gasteiger partial charge is 0.203 e. The van der Waals surface area contributed by atoms with E-state index in [1.807, 2.05) is 17.8 Å². The maximum Gasteiger partial charge on any atom is 0.203 e. The van der Waals surface area contributed by atoms with Crippen LogP contribution in [0.3, 0.4) is 0 Å². The van der Waals surface area contributed by atoms with Crippen molar-refractivity contribution >= 4 is 0 Å². The number of nitrogens with one attached hydrogen (secondary N) is 1. The fourth-order valence-electron chi connectivity index (χ4n) is 2.38. The van der Waals surface area contributed by atoms with Crippen LogP contribution in [0.15, 0.2) is 6.20 Å². The second-order valence-corrected chi connectivity index (χ2v) is 4.90. The number of nitrogens with two attached hydrogens (primary N) is 1. The average molecular weight is 247 g/mol. The largest absolute Gasteiger partial charge is 0.328 e. The molecule has 2 aromatic heterocycles. The zero-order chi connectivity index (χ0) is 12.5. The van der Waals surface area contributed by atoms with Crippen LogP contribution in [0, 0.1) is 6.92 Å². The van der Waals surface area contributed by atoms with Gasteiger partial charge in [0.2, 0.25) is 5.82 Å². The normalized spacial score (nSPS) is 24.3. The van der Waals surface area contributed by atoms with Gasteiger partial charge in [-0.25, -0.2) is 9.67 Å². The van der Waals surface area contributed by atoms with Gasteiger partial charge in [-0.15, -0.1) is 5.10 Å². The first-order chi connectivity index (χ1) is 8.72. The van der Waals surface area contributed by atoms with Crippen LogP contribution < -0.4 is 5.73 Å². The molecule has 0 aromatic carbocycles. The molecule has 18 heavy (non-hydrogen) atoms. The Hall–Kier alpha value is -1.76. The standard InChI is InChI=1S/C11H17N7/c1-7-13-11(16-14-7)10-6-18(17-15-10)9-4-2-8(12)3-5-9/h6,8-9H,2-5,12H2,1H3,(H,13,14,16). The molecule has 0 atom stereocenters. The number of H-pyrrole nitrogens is 1. The van der Waals surface area contributed by atoms with Gasteiger partial charge in [-0.2, -0.15) is 5.10 Å². The summed E-state index contributed by atoms with van der Waals surface area (Å²) in [5, 5.41) is 15.2. The monoisotopic (exact) mass is 247 g/mol. The fourth-order valence-corrected chi connectivity index (χ4v) is 2.38. The van der Waals surface area contributed by atoms with Gasteiger partial charge < -0.3 is 5.73 Å². The van der Waals surface area contributed by atoms with Crippen molar-refractivity contribution in [3.63, 3.8) is 0 Å². The molecule has 0 saturated heterocycles. The molecular weight excluding hydrogens is 230 g/mol. The summed E-state index contributed by atoms with van der Waals surface area (Å²) in [6.45, 7) is 1.86. The molecule has 3 N–H and O–H groups in total. The van der Waals surface area contributed by atoms with Crippen molar-refractivity contribution in [3.8, 4) is 11.5 Å². The van der Waals surface area contributed by atoms with Crippen molar-refractivity contribution in [1.29, 1.82) is 0 Å². The van der Waals surface area contributed by atoms with Crippen molar-refractivity contribution in [2.24, 2.45) is 5.73 Å². The highest BCUT2D eigenvalue weighted by Crippen LogP contribution is 2.27. The van der Waals surface area contributed by atoms with Crippen molar-refractivity contribution in [3.05, 3.63) is 12.0 Å². The summed E-state index contributed by atoms with van der Waals surface area (Å²) in [5.41, 5.74) is 6.62. The maximum atomic E-state index is 5.90. The Morgan fingerprint density at radius 3 is 2.78 bits per heavy atom. The minimum atomic E-state index is 0.347. The summed E-state index contributed by atoms with van der Waals surface area (Å²) in [6.07, 6.45) is 6.16. The predicted molar refractivity (Wildman–Crippen MR) is 65.6 cm³/mol. The maximum absolute atomic E-state index is 5.90. The van der Waals surface area contributed by atoms with Crippen LogP contribution in [0.4, 0.5) is 0 Å². The Balaban J connectivity index is 1.77. The van der Waals surface area contributed by atoms with Gasteiger partial charge in [0.1, 0.15) is 5.82 Å². The molecule has 7 heteroatoms. The Bertz CT molecular complexity index is 521. The number of aryl methyl sites for hydroxylation is 1. The molecule has 1 saturated carbocycles. The quantitative estimate of drug-likeness (QED) is 0.818. The van der Waals surface area contributed by atoms with Gasteiger partial charge in [0, 0.05) is 6.04 Å². The lowest BCUT2D eigenvalue weighted by atomic mass is 9.92. The third-order valence-electron chi connectivity index (χ3n) is 3.45. The molecule has 2 aromatic rings. The molecule has 3 rings (SSSR count). The highest BCUT2D eigenvalue weighted by atomic mass is 15.4. The molecule has 0 bridgehead atoms. The van der Waals surface area contributed by atoms with Crippen LogP contribution in [-0.2, 0) is 0 Å². The van der Waals surface area contributed by atoms with E-state index < -0.39 is 0 Å². The van der Waals surface area contributed by atoms with Gasteiger partial charge >= 0.3 is 0 Å². The van der Waals surface area contributed by atoms with Crippen molar-refractivity contribution in [1.82, 2.24) is 30.2 Å². The number of nitrogens with zero attached hydrogens (tertiary/aromatic N) is 5. The van der Waals surface area contributed by atoms with Crippen molar-refractivity contribution < 1.29 is 0 Å². The number of aromatic amines is 1. The van der Waals surface area contributed by atoms with Crippen LogP contribution in [0.2, 0.25) is 0 Å². The predicted octanol–water partition coefficient (Wildman–Crippen LogP) is 0.814. The van der Waals surface area contributed by atoms with Crippen LogP contribution in [-0.4, -0.2) is 36.2 Å². The molecule has 1 aliphatic rings. The van der Waals surface area contributed by atoms with Gasteiger partial charge in [-0.05, 0) is 32.6 Å². The number of aromatic nitrogens is 6. The molecule has 96 valence electrons. The first-order valence-corrected chi connectivity index (χ1v) is 6.29. The van der Waals surface area contributed by atoms with E-state index in [1.165, 1.54) is 0 Å². The third kappa shape index (κ3) is 2.13. The summed E-state index contributed by atoms with van der Waals surface area (Å²) in [6, 6.07) is 0.756.